The van der Waals surface area contributed by atoms with Crippen LogP contribution in [0.1, 0.15) is 113 Å². The highest BCUT2D eigenvalue weighted by molar-refractivity contribution is 5.95. The smallest absolute Gasteiger partial charge is 0.248 e. The number of rotatable bonds is 16. The Balaban J connectivity index is 1.08. The minimum Gasteiger partial charge on any atom is -0.363 e. The predicted molar refractivity (Wildman–Crippen MR) is 246 cm³/mol. The van der Waals surface area contributed by atoms with Crippen LogP contribution in [0.15, 0.2) is 48.5 Å². The van der Waals surface area contributed by atoms with Gasteiger partial charge >= 0.3 is 0 Å². The van der Waals surface area contributed by atoms with Crippen LogP contribution >= 0.6 is 0 Å². The normalized spacial score (nSPS) is 22.2. The summed E-state index contributed by atoms with van der Waals surface area (Å²) in [5.74, 6) is 9.25. The van der Waals surface area contributed by atoms with E-state index in [1.54, 1.807) is 44.7 Å². The molecule has 2 aliphatic heterocycles. The first kappa shape index (κ1) is 48.7. The topological polar surface area (TPSA) is 190 Å². The lowest BCUT2D eigenvalue weighted by atomic mass is 9.87. The zero-order valence-electron chi connectivity index (χ0n) is 38.5. The number of nitrogens with zero attached hydrogens (tertiary/aromatic N) is 2. The van der Waals surface area contributed by atoms with Crippen LogP contribution in [0.3, 0.4) is 0 Å². The molecular formula is C50H66N8O7. The highest BCUT2D eigenvalue weighted by Gasteiger charge is 2.42. The Morgan fingerprint density at radius 1 is 0.646 bits per heavy atom. The molecule has 9 atom stereocenters. The SMILES string of the molecule is CN[C@@H](C)C(=O)N[C@@H](CC#CC#CCO[C@H](C)[C@H](NC(=O)[C@H](C)NC)C(=O)N1CCC[C@H]1C(=O)N[C@@H]1CCCc2ccccc21)C(=O)N1CCC[C@H]1C(=O)N[C@@H]1CCCc2ccccc21. The van der Waals surface area contributed by atoms with E-state index in [1.165, 1.54) is 11.1 Å². The van der Waals surface area contributed by atoms with Crippen LogP contribution in [0.4, 0.5) is 0 Å². The zero-order valence-corrected chi connectivity index (χ0v) is 38.5. The fraction of sp³-hybridized carbons (Fsp3) is 0.560. The van der Waals surface area contributed by atoms with Gasteiger partial charge in [0.1, 0.15) is 30.8 Å². The summed E-state index contributed by atoms with van der Waals surface area (Å²) in [5, 5.41) is 17.9. The molecule has 0 radical (unpaired) electrons. The molecule has 0 bridgehead atoms. The number of benzene rings is 2. The Bertz CT molecular complexity index is 2180. The van der Waals surface area contributed by atoms with Crippen LogP contribution in [-0.2, 0) is 46.3 Å². The molecule has 65 heavy (non-hydrogen) atoms. The van der Waals surface area contributed by atoms with E-state index in [2.05, 4.69) is 67.7 Å². The molecule has 2 heterocycles. The van der Waals surface area contributed by atoms with Crippen molar-refractivity contribution in [3.63, 3.8) is 0 Å². The van der Waals surface area contributed by atoms with Crippen LogP contribution in [0, 0.1) is 23.7 Å². The summed E-state index contributed by atoms with van der Waals surface area (Å²) < 4.78 is 6.00. The van der Waals surface area contributed by atoms with Gasteiger partial charge in [0.2, 0.25) is 35.4 Å². The van der Waals surface area contributed by atoms with Crippen molar-refractivity contribution in [2.45, 2.75) is 146 Å². The van der Waals surface area contributed by atoms with Gasteiger partial charge in [-0.05, 0) is 133 Å². The standard InChI is InChI=1S/C50H66N8O7/c1-32(51-4)45(59)55-41(49(63)57-29-16-27-42(57)47(61)53-39-25-14-20-35-18-9-11-22-37(35)39)24-8-6-7-13-31-65-34(3)44(56-46(60)33(2)52-5)50(64)58-30-17-28-43(58)48(62)54-40-26-15-21-36-19-10-12-23-38(36)40/h9-12,18-19,22-23,32-34,39-44,51-52H,14-17,20-21,24-31H2,1-5H3,(H,53,61)(H,54,62)(H,55,59)(H,56,60)/t32-,33-,34+,39+,40+,41-,42-,43-,44-/m0/s1. The highest BCUT2D eigenvalue weighted by Crippen LogP contribution is 2.32. The van der Waals surface area contributed by atoms with Gasteiger partial charge in [0.25, 0.3) is 0 Å². The van der Waals surface area contributed by atoms with Gasteiger partial charge in [-0.2, -0.15) is 0 Å². The molecule has 2 saturated heterocycles. The van der Waals surface area contributed by atoms with Crippen molar-refractivity contribution in [2.75, 3.05) is 33.8 Å². The summed E-state index contributed by atoms with van der Waals surface area (Å²) in [6.07, 6.45) is 6.97. The molecule has 6 N–H and O–H groups in total. The molecule has 2 fully saturated rings. The molecule has 2 aromatic carbocycles. The summed E-state index contributed by atoms with van der Waals surface area (Å²) in [6, 6.07) is 11.4. The van der Waals surface area contributed by atoms with Crippen LogP contribution in [0.25, 0.3) is 0 Å². The zero-order chi connectivity index (χ0) is 46.5. The molecular weight excluding hydrogens is 825 g/mol. The Morgan fingerprint density at radius 3 is 1.68 bits per heavy atom. The fourth-order valence-corrected chi connectivity index (χ4v) is 9.29. The number of likely N-dealkylation sites (tertiary alicyclic amines) is 2. The Morgan fingerprint density at radius 2 is 1.14 bits per heavy atom. The Hall–Kier alpha value is -5.74. The van der Waals surface area contributed by atoms with Crippen molar-refractivity contribution >= 4 is 35.4 Å². The van der Waals surface area contributed by atoms with Crippen molar-refractivity contribution in [3.05, 3.63) is 70.8 Å². The Labute approximate surface area is 383 Å². The molecule has 0 unspecified atom stereocenters. The van der Waals surface area contributed by atoms with Crippen molar-refractivity contribution in [1.29, 1.82) is 0 Å². The van der Waals surface area contributed by atoms with Crippen LogP contribution in [0.2, 0.25) is 0 Å². The van der Waals surface area contributed by atoms with E-state index in [-0.39, 0.29) is 48.7 Å². The lowest BCUT2D eigenvalue weighted by Crippen LogP contribution is -2.59. The number of carbonyl (C=O) groups excluding carboxylic acids is 6. The summed E-state index contributed by atoms with van der Waals surface area (Å²) in [6.45, 7) is 5.67. The van der Waals surface area contributed by atoms with Crippen LogP contribution < -0.4 is 31.9 Å². The van der Waals surface area contributed by atoms with Gasteiger partial charge in [-0.3, -0.25) is 28.8 Å². The van der Waals surface area contributed by atoms with Gasteiger partial charge in [-0.1, -0.05) is 60.4 Å². The molecule has 0 aromatic heterocycles. The molecule has 0 spiro atoms. The maximum absolute atomic E-state index is 14.2. The minimum absolute atomic E-state index is 0.0438. The first-order chi connectivity index (χ1) is 31.4. The number of likely N-dealkylation sites (N-methyl/N-ethyl adjacent to an activating group) is 2. The van der Waals surface area contributed by atoms with E-state index >= 15 is 0 Å². The average molecular weight is 891 g/mol. The third-order valence-corrected chi connectivity index (χ3v) is 13.3. The lowest BCUT2D eigenvalue weighted by molar-refractivity contribution is -0.145. The van der Waals surface area contributed by atoms with Gasteiger partial charge in [0.05, 0.1) is 30.3 Å². The first-order valence-corrected chi connectivity index (χ1v) is 23.3. The fourth-order valence-electron chi connectivity index (χ4n) is 9.29. The number of hydrogen-bond donors (Lipinski definition) is 6. The molecule has 6 rings (SSSR count). The third kappa shape index (κ3) is 12.3. The largest absolute Gasteiger partial charge is 0.363 e. The molecule has 4 aliphatic rings. The number of nitrogens with one attached hydrogen (secondary N) is 6. The number of carbonyl (C=O) groups is 6. The maximum atomic E-state index is 14.2. The molecule has 348 valence electrons. The number of aryl methyl sites for hydroxylation is 2. The quantitative estimate of drug-likeness (QED) is 0.138. The van der Waals surface area contributed by atoms with E-state index in [4.69, 9.17) is 4.74 Å². The summed E-state index contributed by atoms with van der Waals surface area (Å²) in [4.78, 5) is 85.1. The van der Waals surface area contributed by atoms with Crippen LogP contribution in [-0.4, -0.2) is 121 Å². The Kier molecular flexibility index (Phi) is 17.6. The number of ether oxygens (including phenoxy) is 1. The van der Waals surface area contributed by atoms with Crippen molar-refractivity contribution in [1.82, 2.24) is 41.7 Å². The molecule has 0 saturated carbocycles. The van der Waals surface area contributed by atoms with Crippen molar-refractivity contribution in [2.24, 2.45) is 0 Å². The monoisotopic (exact) mass is 891 g/mol. The number of amides is 6. The van der Waals surface area contributed by atoms with E-state index in [0.717, 1.165) is 49.7 Å². The average Bonchev–Trinajstić information content (AvgIpc) is 4.03. The first-order valence-electron chi connectivity index (χ1n) is 23.3. The van der Waals surface area contributed by atoms with Gasteiger partial charge < -0.3 is 46.4 Å². The van der Waals surface area contributed by atoms with Crippen LogP contribution in [0.5, 0.6) is 0 Å². The minimum atomic E-state index is -1.10. The van der Waals surface area contributed by atoms with Gasteiger partial charge in [0.15, 0.2) is 0 Å². The summed E-state index contributed by atoms with van der Waals surface area (Å²) in [7, 11) is 3.30. The highest BCUT2D eigenvalue weighted by atomic mass is 16.5. The molecule has 15 nitrogen and oxygen atoms in total. The summed E-state index contributed by atoms with van der Waals surface area (Å²) in [5.41, 5.74) is 4.68. The maximum Gasteiger partial charge on any atom is 0.248 e. The van der Waals surface area contributed by atoms with E-state index < -0.39 is 54.2 Å². The third-order valence-electron chi connectivity index (χ3n) is 13.3. The van der Waals surface area contributed by atoms with E-state index in [9.17, 15) is 28.8 Å². The van der Waals surface area contributed by atoms with E-state index in [1.807, 2.05) is 36.4 Å². The number of fused-ring (bicyclic) bond motifs is 2. The predicted octanol–water partition coefficient (Wildman–Crippen LogP) is 2.34. The van der Waals surface area contributed by atoms with Gasteiger partial charge in [-0.25, -0.2) is 0 Å². The summed E-state index contributed by atoms with van der Waals surface area (Å²) >= 11 is 0. The molecule has 6 amide bonds. The number of hydrogen-bond acceptors (Lipinski definition) is 9. The van der Waals surface area contributed by atoms with Gasteiger partial charge in [-0.15, -0.1) is 0 Å². The van der Waals surface area contributed by atoms with Gasteiger partial charge in [0, 0.05) is 19.5 Å². The molecule has 2 aromatic rings. The molecule has 2 aliphatic carbocycles. The second kappa shape index (κ2) is 23.4. The lowest BCUT2D eigenvalue weighted by Gasteiger charge is -2.33. The second-order valence-corrected chi connectivity index (χ2v) is 17.6. The van der Waals surface area contributed by atoms with E-state index in [0.29, 0.717) is 38.8 Å². The van der Waals surface area contributed by atoms with Crippen molar-refractivity contribution in [3.8, 4) is 23.7 Å². The molecule has 15 heteroatoms. The second-order valence-electron chi connectivity index (χ2n) is 17.6. The van der Waals surface area contributed by atoms with Crippen molar-refractivity contribution < 1.29 is 33.5 Å².